The van der Waals surface area contributed by atoms with Crippen molar-refractivity contribution in [1.82, 2.24) is 19.9 Å². The molecule has 3 N–H and O–H groups in total. The Morgan fingerprint density at radius 3 is 2.87 bits per heavy atom. The maximum Gasteiger partial charge on any atom is 0.254 e. The van der Waals surface area contributed by atoms with Crippen molar-refractivity contribution in [2.75, 3.05) is 10.6 Å². The molecule has 3 aromatic rings. The fourth-order valence-electron chi connectivity index (χ4n) is 3.40. The second-order valence-corrected chi connectivity index (χ2v) is 7.97. The van der Waals surface area contributed by atoms with Crippen molar-refractivity contribution in [2.45, 2.75) is 31.8 Å². The molecule has 31 heavy (non-hydrogen) atoms. The molecule has 2 amide bonds. The zero-order valence-corrected chi connectivity index (χ0v) is 17.0. The van der Waals surface area contributed by atoms with Gasteiger partial charge in [0.2, 0.25) is 5.91 Å². The second kappa shape index (κ2) is 7.66. The summed E-state index contributed by atoms with van der Waals surface area (Å²) in [6, 6.07) is 6.71. The molecule has 0 atom stereocenters. The van der Waals surface area contributed by atoms with Gasteiger partial charge < -0.3 is 10.6 Å². The summed E-state index contributed by atoms with van der Waals surface area (Å²) in [6.45, 7) is 0.152. The summed E-state index contributed by atoms with van der Waals surface area (Å²) in [6.07, 6.45) is 5.37. The number of hydrogen-bond donors (Lipinski definition) is 3. The van der Waals surface area contributed by atoms with Crippen LogP contribution in [0.2, 0.25) is 5.02 Å². The van der Waals surface area contributed by atoms with E-state index in [1.165, 1.54) is 6.07 Å². The van der Waals surface area contributed by atoms with E-state index >= 15 is 0 Å². The summed E-state index contributed by atoms with van der Waals surface area (Å²) in [7, 11) is 0. The highest BCUT2D eigenvalue weighted by Gasteiger charge is 2.25. The lowest BCUT2D eigenvalue weighted by Crippen LogP contribution is -2.19. The summed E-state index contributed by atoms with van der Waals surface area (Å²) in [5, 5.41) is 13.5. The first-order valence-corrected chi connectivity index (χ1v) is 10.2. The van der Waals surface area contributed by atoms with Crippen molar-refractivity contribution in [3.63, 3.8) is 0 Å². The fourth-order valence-corrected chi connectivity index (χ4v) is 3.63. The van der Waals surface area contributed by atoms with E-state index in [2.05, 4.69) is 26.0 Å². The first-order chi connectivity index (χ1) is 15.0. The van der Waals surface area contributed by atoms with Gasteiger partial charge in [-0.3, -0.25) is 14.9 Å². The van der Waals surface area contributed by atoms with Crippen LogP contribution in [0.3, 0.4) is 0 Å². The maximum absolute atomic E-state index is 14.1. The first kappa shape index (κ1) is 19.5. The van der Waals surface area contributed by atoms with Crippen molar-refractivity contribution in [1.29, 1.82) is 0 Å². The third-order valence-electron chi connectivity index (χ3n) is 5.16. The third-order valence-corrected chi connectivity index (χ3v) is 5.52. The predicted octanol–water partition coefficient (Wildman–Crippen LogP) is 3.14. The minimum Gasteiger partial charge on any atom is -0.367 e. The van der Waals surface area contributed by atoms with Crippen molar-refractivity contribution in [2.24, 2.45) is 0 Å². The van der Waals surface area contributed by atoms with Crippen LogP contribution in [0.1, 0.15) is 30.4 Å². The fraction of sp³-hybridized carbons (Fsp3) is 0.238. The molecule has 1 saturated heterocycles. The topological polar surface area (TPSA) is 100 Å². The predicted molar refractivity (Wildman–Crippen MR) is 114 cm³/mol. The average molecular weight is 441 g/mol. The monoisotopic (exact) mass is 440 g/mol. The van der Waals surface area contributed by atoms with Crippen LogP contribution in [0.4, 0.5) is 16.0 Å². The minimum absolute atomic E-state index is 0.0209. The van der Waals surface area contributed by atoms with Crippen molar-refractivity contribution >= 4 is 46.8 Å². The van der Waals surface area contributed by atoms with Crippen molar-refractivity contribution < 1.29 is 14.0 Å². The van der Waals surface area contributed by atoms with Gasteiger partial charge in [0.05, 0.1) is 12.6 Å². The summed E-state index contributed by atoms with van der Waals surface area (Å²) in [5.41, 5.74) is 1.81. The smallest absolute Gasteiger partial charge is 0.254 e. The molecule has 2 fully saturated rings. The Bertz CT molecular complexity index is 1230. The number of carbonyl (C=O) groups excluding carboxylic acids is 2. The zero-order chi connectivity index (χ0) is 21.5. The Morgan fingerprint density at radius 2 is 2.16 bits per heavy atom. The molecule has 1 saturated carbocycles. The normalized spacial score (nSPS) is 17.4. The van der Waals surface area contributed by atoms with E-state index in [9.17, 15) is 14.0 Å². The minimum atomic E-state index is -0.413. The van der Waals surface area contributed by atoms with E-state index in [4.69, 9.17) is 11.6 Å². The van der Waals surface area contributed by atoms with Crippen LogP contribution in [0.15, 0.2) is 36.0 Å². The molecule has 0 spiro atoms. The maximum atomic E-state index is 14.1. The molecule has 2 aromatic heterocycles. The molecule has 5 rings (SSSR count). The molecule has 8 nitrogen and oxygen atoms in total. The number of halogens is 2. The van der Waals surface area contributed by atoms with Gasteiger partial charge in [0.15, 0.2) is 5.65 Å². The molecule has 1 aromatic carbocycles. The second-order valence-electron chi connectivity index (χ2n) is 7.56. The number of carbonyl (C=O) groups is 2. The van der Waals surface area contributed by atoms with E-state index in [0.29, 0.717) is 39.2 Å². The Morgan fingerprint density at radius 1 is 1.32 bits per heavy atom. The van der Waals surface area contributed by atoms with Gasteiger partial charge in [0.1, 0.15) is 17.5 Å². The lowest BCUT2D eigenvalue weighted by molar-refractivity contribution is -0.124. The molecule has 3 heterocycles. The number of fused-ring (bicyclic) bond motifs is 1. The molecular formula is C21H18ClFN6O2. The quantitative estimate of drug-likeness (QED) is 0.402. The largest absolute Gasteiger partial charge is 0.367 e. The lowest BCUT2D eigenvalue weighted by atomic mass is 10.1. The Kier molecular flexibility index (Phi) is 4.82. The lowest BCUT2D eigenvalue weighted by Gasteiger charge is -2.12. The molecule has 0 bridgehead atoms. The first-order valence-electron chi connectivity index (χ1n) is 9.85. The van der Waals surface area contributed by atoms with Crippen molar-refractivity contribution in [3.8, 4) is 0 Å². The SMILES string of the molecule is O=C1C/C(=C\c2cnn3c(NC4CC4)cc(NCc4c(F)cccc4Cl)nc23)C(=O)N1. The van der Waals surface area contributed by atoms with Crippen LogP contribution in [-0.2, 0) is 16.1 Å². The highest BCUT2D eigenvalue weighted by Crippen LogP contribution is 2.28. The number of aromatic nitrogens is 3. The van der Waals surface area contributed by atoms with Gasteiger partial charge in [-0.1, -0.05) is 17.7 Å². The highest BCUT2D eigenvalue weighted by atomic mass is 35.5. The van der Waals surface area contributed by atoms with Crippen LogP contribution in [-0.4, -0.2) is 32.5 Å². The van der Waals surface area contributed by atoms with Crippen LogP contribution >= 0.6 is 11.6 Å². The molecule has 158 valence electrons. The Hall–Kier alpha value is -3.46. The van der Waals surface area contributed by atoms with Gasteiger partial charge >= 0.3 is 0 Å². The third kappa shape index (κ3) is 3.96. The van der Waals surface area contributed by atoms with E-state index in [1.54, 1.807) is 35.0 Å². The summed E-state index contributed by atoms with van der Waals surface area (Å²) >= 11 is 6.13. The van der Waals surface area contributed by atoms with E-state index in [1.807, 2.05) is 0 Å². The van der Waals surface area contributed by atoms with Crippen LogP contribution in [0, 0.1) is 5.82 Å². The van der Waals surface area contributed by atoms with Gasteiger partial charge in [-0.05, 0) is 31.1 Å². The number of hydrogen-bond acceptors (Lipinski definition) is 6. The van der Waals surface area contributed by atoms with Gasteiger partial charge in [0, 0.05) is 40.4 Å². The molecule has 2 aliphatic rings. The van der Waals surface area contributed by atoms with Gasteiger partial charge in [-0.25, -0.2) is 9.37 Å². The number of imide groups is 1. The number of benzene rings is 1. The molecule has 10 heteroatoms. The summed E-state index contributed by atoms with van der Waals surface area (Å²) in [5.74, 6) is 0.0856. The van der Waals surface area contributed by atoms with Crippen molar-refractivity contribution in [3.05, 3.63) is 58.0 Å². The number of nitrogens with one attached hydrogen (secondary N) is 3. The Labute approximate surface area is 181 Å². The molecule has 0 radical (unpaired) electrons. The Balaban J connectivity index is 1.51. The standard InChI is InChI=1S/C21H18ClFN6O2/c22-15-2-1-3-16(23)14(15)10-24-17-8-18(26-13-4-5-13)29-20(27-17)12(9-25-29)6-11-7-19(30)28-21(11)31/h1-3,6,8-9,13,26H,4-5,7,10H2,(H,24,27)(H,28,30,31)/b11-6+. The van der Waals surface area contributed by atoms with E-state index in [0.717, 1.165) is 18.7 Å². The molecule has 1 aliphatic carbocycles. The van der Waals surface area contributed by atoms with E-state index in [-0.39, 0.29) is 18.9 Å². The number of amides is 2. The summed E-state index contributed by atoms with van der Waals surface area (Å²) < 4.78 is 15.8. The van der Waals surface area contributed by atoms with Crippen LogP contribution in [0.25, 0.3) is 11.7 Å². The van der Waals surface area contributed by atoms with Gasteiger partial charge in [0.25, 0.3) is 5.91 Å². The molecule has 0 unspecified atom stereocenters. The van der Waals surface area contributed by atoms with Crippen LogP contribution in [0.5, 0.6) is 0 Å². The summed E-state index contributed by atoms with van der Waals surface area (Å²) in [4.78, 5) is 28.0. The number of rotatable bonds is 6. The van der Waals surface area contributed by atoms with E-state index < -0.39 is 11.7 Å². The average Bonchev–Trinajstić information content (AvgIpc) is 3.36. The van der Waals surface area contributed by atoms with Gasteiger partial charge in [-0.2, -0.15) is 9.61 Å². The number of anilines is 2. The van der Waals surface area contributed by atoms with Gasteiger partial charge in [-0.15, -0.1) is 0 Å². The zero-order valence-electron chi connectivity index (χ0n) is 16.3. The molecule has 1 aliphatic heterocycles. The number of nitrogens with zero attached hydrogens (tertiary/aromatic N) is 3. The highest BCUT2D eigenvalue weighted by molar-refractivity contribution is 6.31. The molecular weight excluding hydrogens is 423 g/mol. The van der Waals surface area contributed by atoms with Crippen LogP contribution < -0.4 is 16.0 Å².